The number of nitrogens with zero attached hydrogens (tertiary/aromatic N) is 4. The van der Waals surface area contributed by atoms with Gasteiger partial charge in [0.15, 0.2) is 29.4 Å². The number of aryl methyl sites for hydroxylation is 3. The lowest BCUT2D eigenvalue weighted by atomic mass is 10.1. The van der Waals surface area contributed by atoms with Gasteiger partial charge in [0.25, 0.3) is 5.56 Å². The summed E-state index contributed by atoms with van der Waals surface area (Å²) in [6, 6.07) is 3.65. The maximum Gasteiger partial charge on any atom is 0.332 e. The Kier molecular flexibility index (Phi) is 8.94. The average molecular weight is 467 g/mol. The minimum Gasteiger partial charge on any atom is -0.373 e. The first-order valence-electron chi connectivity index (χ1n) is 10.2. The van der Waals surface area contributed by atoms with Crippen LogP contribution in [0.5, 0.6) is 5.75 Å². The number of aromatic nitrogens is 4. The fourth-order valence-corrected chi connectivity index (χ4v) is 3.44. The highest BCUT2D eigenvalue weighted by Crippen LogP contribution is 2.26. The third-order valence-electron chi connectivity index (χ3n) is 5.01. The van der Waals surface area contributed by atoms with E-state index in [2.05, 4.69) is 24.4 Å². The zero-order chi connectivity index (χ0) is 23.1. The molecule has 3 aromatic rings. The zero-order valence-electron chi connectivity index (χ0n) is 18.2. The van der Waals surface area contributed by atoms with Crippen molar-refractivity contribution in [2.24, 2.45) is 0 Å². The van der Waals surface area contributed by atoms with Gasteiger partial charge in [-0.1, -0.05) is 38.3 Å². The van der Waals surface area contributed by atoms with Crippen LogP contribution in [0.25, 0.3) is 11.2 Å². The van der Waals surface area contributed by atoms with E-state index in [1.54, 1.807) is 4.57 Å². The van der Waals surface area contributed by atoms with E-state index in [1.165, 1.54) is 15.6 Å². The molecule has 0 aliphatic carbocycles. The van der Waals surface area contributed by atoms with E-state index in [-0.39, 0.29) is 16.8 Å². The summed E-state index contributed by atoms with van der Waals surface area (Å²) in [4.78, 5) is 36.4. The van der Waals surface area contributed by atoms with Crippen LogP contribution in [-0.2, 0) is 25.6 Å². The van der Waals surface area contributed by atoms with E-state index >= 15 is 0 Å². The van der Waals surface area contributed by atoms with Gasteiger partial charge < -0.3 is 4.84 Å². The molecular formula is C21H27ClN4O4S. The Balaban J connectivity index is 0.00000166. The summed E-state index contributed by atoms with van der Waals surface area (Å²) >= 11 is 9.01. The Labute approximate surface area is 190 Å². The topological polar surface area (TPSA) is 88.1 Å². The Morgan fingerprint density at radius 2 is 1.61 bits per heavy atom. The van der Waals surface area contributed by atoms with Crippen molar-refractivity contribution in [3.63, 3.8) is 0 Å². The molecule has 0 fully saturated rings. The molecule has 0 radical (unpaired) electrons. The Morgan fingerprint density at radius 1 is 1.00 bits per heavy atom. The predicted molar refractivity (Wildman–Crippen MR) is 123 cm³/mol. The molecule has 0 spiro atoms. The Hall–Kier alpha value is -2.52. The first-order valence-corrected chi connectivity index (χ1v) is 10.9. The lowest BCUT2D eigenvalue weighted by Gasteiger charge is -2.13. The zero-order valence-corrected chi connectivity index (χ0v) is 19.8. The van der Waals surface area contributed by atoms with Crippen LogP contribution < -0.4 is 16.1 Å². The van der Waals surface area contributed by atoms with E-state index in [4.69, 9.17) is 20.6 Å². The van der Waals surface area contributed by atoms with Crippen LogP contribution in [0.15, 0.2) is 28.0 Å². The monoisotopic (exact) mass is 466 g/mol. The van der Waals surface area contributed by atoms with Crippen LogP contribution >= 0.6 is 11.6 Å². The summed E-state index contributed by atoms with van der Waals surface area (Å²) in [5.41, 5.74) is 1.64. The van der Waals surface area contributed by atoms with Gasteiger partial charge in [-0.15, -0.1) is 0 Å². The number of hydrogen-bond donors (Lipinski definition) is 0. The molecular weight excluding hydrogens is 440 g/mol. The molecule has 0 bridgehead atoms. The minimum atomic E-state index is -0.382. The largest absolute Gasteiger partial charge is 0.373 e. The summed E-state index contributed by atoms with van der Waals surface area (Å²) in [5.74, 6) is 0.581. The number of imidazole rings is 1. The van der Waals surface area contributed by atoms with Crippen molar-refractivity contribution in [3.8, 4) is 5.75 Å². The number of halogens is 1. The molecule has 0 unspecified atom stereocenters. The minimum absolute atomic E-state index is 0.267. The number of unbranched alkanes of at least 4 members (excludes halogenated alkanes) is 2. The highest BCUT2D eigenvalue weighted by Gasteiger charge is 2.19. The van der Waals surface area contributed by atoms with Crippen LogP contribution in [0, 0.1) is 13.8 Å². The molecule has 0 atom stereocenters. The van der Waals surface area contributed by atoms with Crippen molar-refractivity contribution in [3.05, 3.63) is 55.4 Å². The Bertz CT molecular complexity index is 1170. The van der Waals surface area contributed by atoms with Crippen LogP contribution in [-0.4, -0.2) is 23.1 Å². The molecule has 8 nitrogen and oxygen atoms in total. The molecule has 0 saturated heterocycles. The quantitative estimate of drug-likeness (QED) is 0.502. The van der Waals surface area contributed by atoms with Crippen LogP contribution in [0.2, 0.25) is 5.02 Å². The smallest absolute Gasteiger partial charge is 0.332 e. The maximum absolute atomic E-state index is 13.1. The molecule has 1 aromatic carbocycles. The van der Waals surface area contributed by atoms with Gasteiger partial charge in [0.05, 0.1) is 0 Å². The molecule has 0 saturated carbocycles. The summed E-state index contributed by atoms with van der Waals surface area (Å²) in [6.45, 7) is 8.74. The van der Waals surface area contributed by atoms with Gasteiger partial charge in [-0.2, -0.15) is 8.94 Å². The standard InChI is InChI=1S/C21H27ClN4O3.OS/c1-5-7-9-24-19-18(20(27)25(21(24)28)10-8-6-2)26(13-23-19)29-17-12-14(3)16(22)11-15(17)4;1-2/h11-13H,5-10H2,1-4H3;. The molecule has 2 heterocycles. The van der Waals surface area contributed by atoms with Gasteiger partial charge in [0.1, 0.15) is 6.33 Å². The fraction of sp³-hybridized carbons (Fsp3) is 0.476. The predicted octanol–water partition coefficient (Wildman–Crippen LogP) is 3.74. The van der Waals surface area contributed by atoms with Crippen molar-refractivity contribution in [2.75, 3.05) is 0 Å². The highest BCUT2D eigenvalue weighted by molar-refractivity contribution is 7.44. The molecule has 0 amide bonds. The highest BCUT2D eigenvalue weighted by atomic mass is 35.5. The number of fused-ring (bicyclic) bond motifs is 1. The van der Waals surface area contributed by atoms with E-state index in [1.807, 2.05) is 32.9 Å². The van der Waals surface area contributed by atoms with Gasteiger partial charge in [0.2, 0.25) is 0 Å². The normalized spacial score (nSPS) is 10.7. The van der Waals surface area contributed by atoms with E-state index in [0.717, 1.165) is 36.8 Å². The molecule has 3 rings (SSSR count). The van der Waals surface area contributed by atoms with E-state index in [9.17, 15) is 9.59 Å². The molecule has 168 valence electrons. The third-order valence-corrected chi connectivity index (χ3v) is 5.41. The van der Waals surface area contributed by atoms with Gasteiger partial charge in [0, 0.05) is 18.1 Å². The second-order valence-electron chi connectivity index (χ2n) is 7.30. The van der Waals surface area contributed by atoms with Gasteiger partial charge >= 0.3 is 5.69 Å². The summed E-state index contributed by atoms with van der Waals surface area (Å²) in [6.07, 6.45) is 4.84. The van der Waals surface area contributed by atoms with Crippen molar-refractivity contribution >= 4 is 35.3 Å². The van der Waals surface area contributed by atoms with Gasteiger partial charge in [-0.25, -0.2) is 9.78 Å². The van der Waals surface area contributed by atoms with Crippen LogP contribution in [0.3, 0.4) is 0 Å². The van der Waals surface area contributed by atoms with Crippen molar-refractivity contribution < 1.29 is 9.05 Å². The molecule has 0 aliphatic heterocycles. The van der Waals surface area contributed by atoms with Gasteiger partial charge in [-0.05, 0) is 49.9 Å². The third kappa shape index (κ3) is 5.22. The lowest BCUT2D eigenvalue weighted by molar-refractivity contribution is 0.224. The summed E-state index contributed by atoms with van der Waals surface area (Å²) in [5, 5.41) is 0.653. The number of rotatable bonds is 8. The fourth-order valence-electron chi connectivity index (χ4n) is 3.22. The molecule has 31 heavy (non-hydrogen) atoms. The van der Waals surface area contributed by atoms with E-state index < -0.39 is 0 Å². The summed E-state index contributed by atoms with van der Waals surface area (Å²) in [7, 11) is 0. The molecule has 0 aliphatic rings. The molecule has 2 aromatic heterocycles. The Morgan fingerprint density at radius 3 is 2.23 bits per heavy atom. The molecule has 10 heteroatoms. The maximum atomic E-state index is 13.1. The van der Waals surface area contributed by atoms with Crippen LogP contribution in [0.1, 0.15) is 50.7 Å². The number of hydrogen-bond acceptors (Lipinski definition) is 6. The van der Waals surface area contributed by atoms with Crippen LogP contribution in [0.4, 0.5) is 0 Å². The molecule has 0 N–H and O–H groups in total. The SMILES string of the molecule is CCCCn1c(=O)c2c(ncn2Oc2cc(C)c(Cl)cc2C)n(CCCC)c1=O.O=S. The number of benzene rings is 1. The van der Waals surface area contributed by atoms with Gasteiger partial charge in [-0.3, -0.25) is 13.9 Å². The average Bonchev–Trinajstić information content (AvgIpc) is 3.17. The second kappa shape index (κ2) is 11.2. The van der Waals surface area contributed by atoms with E-state index in [0.29, 0.717) is 29.5 Å². The van der Waals surface area contributed by atoms with Crippen molar-refractivity contribution in [1.29, 1.82) is 0 Å². The lowest BCUT2D eigenvalue weighted by Crippen LogP contribution is -2.41. The second-order valence-corrected chi connectivity index (χ2v) is 7.71. The first-order chi connectivity index (χ1) is 14.9. The summed E-state index contributed by atoms with van der Waals surface area (Å²) < 4.78 is 12.1. The van der Waals surface area contributed by atoms with Crippen molar-refractivity contribution in [1.82, 2.24) is 18.8 Å². The first kappa shape index (κ1) is 24.7. The van der Waals surface area contributed by atoms with Crippen molar-refractivity contribution in [2.45, 2.75) is 66.5 Å².